The van der Waals surface area contributed by atoms with Crippen LogP contribution in [0.1, 0.15) is 26.7 Å². The van der Waals surface area contributed by atoms with Crippen LogP contribution in [0, 0.1) is 0 Å². The molecule has 1 heterocycles. The molecule has 0 saturated carbocycles. The number of aliphatic hydroxyl groups is 1. The summed E-state index contributed by atoms with van der Waals surface area (Å²) in [5.74, 6) is 0. The fourth-order valence-electron chi connectivity index (χ4n) is 1.23. The number of aliphatic hydroxyl groups excluding tert-OH is 1. The Hall–Kier alpha value is -0.0800. The quantitative estimate of drug-likeness (QED) is 0.572. The minimum atomic E-state index is -0.237. The molecular formula is C7H14O2. The van der Waals surface area contributed by atoms with E-state index < -0.39 is 0 Å². The van der Waals surface area contributed by atoms with Crippen molar-refractivity contribution in [3.05, 3.63) is 0 Å². The second-order valence-corrected chi connectivity index (χ2v) is 3.08. The molecule has 0 spiro atoms. The molecule has 0 aliphatic carbocycles. The Kier molecular flexibility index (Phi) is 1.78. The van der Waals surface area contributed by atoms with Crippen molar-refractivity contribution in [2.24, 2.45) is 0 Å². The summed E-state index contributed by atoms with van der Waals surface area (Å²) in [4.78, 5) is 0. The van der Waals surface area contributed by atoms with Gasteiger partial charge in [0.25, 0.3) is 0 Å². The maximum atomic E-state index is 8.82. The molecule has 1 fully saturated rings. The zero-order chi connectivity index (χ0) is 6.91. The molecule has 0 unspecified atom stereocenters. The van der Waals surface area contributed by atoms with Gasteiger partial charge in [0.2, 0.25) is 0 Å². The van der Waals surface area contributed by atoms with E-state index in [1.165, 1.54) is 0 Å². The molecule has 54 valence electrons. The van der Waals surface area contributed by atoms with Gasteiger partial charge in [-0.1, -0.05) is 0 Å². The van der Waals surface area contributed by atoms with Crippen molar-refractivity contribution in [2.75, 3.05) is 6.61 Å². The van der Waals surface area contributed by atoms with Crippen LogP contribution in [0.3, 0.4) is 0 Å². The zero-order valence-corrected chi connectivity index (χ0v) is 6.05. The van der Waals surface area contributed by atoms with Gasteiger partial charge >= 0.3 is 0 Å². The number of ether oxygens (including phenoxy) is 1. The van der Waals surface area contributed by atoms with E-state index in [-0.39, 0.29) is 12.2 Å². The van der Waals surface area contributed by atoms with Gasteiger partial charge in [-0.15, -0.1) is 0 Å². The lowest BCUT2D eigenvalue weighted by Gasteiger charge is -2.20. The molecule has 9 heavy (non-hydrogen) atoms. The second kappa shape index (κ2) is 2.27. The predicted octanol–water partition coefficient (Wildman–Crippen LogP) is 0.936. The first-order chi connectivity index (χ1) is 4.16. The molecule has 0 amide bonds. The van der Waals surface area contributed by atoms with Crippen molar-refractivity contribution in [1.82, 2.24) is 0 Å². The van der Waals surface area contributed by atoms with E-state index in [2.05, 4.69) is 0 Å². The average Bonchev–Trinajstić information content (AvgIpc) is 2.13. The summed E-state index contributed by atoms with van der Waals surface area (Å²) in [6, 6.07) is 0. The van der Waals surface area contributed by atoms with Crippen LogP contribution in [0.4, 0.5) is 0 Å². The average molecular weight is 130 g/mol. The van der Waals surface area contributed by atoms with Crippen molar-refractivity contribution in [2.45, 2.75) is 38.4 Å². The molecule has 2 atom stereocenters. The Bertz CT molecular complexity index is 103. The van der Waals surface area contributed by atoms with E-state index in [0.29, 0.717) is 6.10 Å². The molecule has 2 nitrogen and oxygen atoms in total. The van der Waals surface area contributed by atoms with Crippen molar-refractivity contribution in [1.29, 1.82) is 0 Å². The lowest BCUT2D eigenvalue weighted by Crippen LogP contribution is -2.28. The van der Waals surface area contributed by atoms with Crippen LogP contribution in [-0.2, 0) is 4.74 Å². The van der Waals surface area contributed by atoms with Gasteiger partial charge in [-0.05, 0) is 26.7 Å². The second-order valence-electron chi connectivity index (χ2n) is 3.08. The van der Waals surface area contributed by atoms with Crippen LogP contribution in [0.25, 0.3) is 0 Å². The zero-order valence-electron chi connectivity index (χ0n) is 6.05. The summed E-state index contributed by atoms with van der Waals surface area (Å²) in [6.45, 7) is 4.15. The van der Waals surface area contributed by atoms with Gasteiger partial charge in [-0.3, -0.25) is 0 Å². The maximum Gasteiger partial charge on any atom is 0.0888 e. The highest BCUT2D eigenvalue weighted by molar-refractivity contribution is 4.82. The largest absolute Gasteiger partial charge is 0.393 e. The topological polar surface area (TPSA) is 29.5 Å². The SMILES string of the molecule is C[C@@H]1CC[C@@](C)(CO)O1. The fourth-order valence-corrected chi connectivity index (χ4v) is 1.23. The molecule has 0 aromatic carbocycles. The Balaban J connectivity index is 2.45. The van der Waals surface area contributed by atoms with Gasteiger partial charge in [-0.2, -0.15) is 0 Å². The van der Waals surface area contributed by atoms with E-state index >= 15 is 0 Å². The van der Waals surface area contributed by atoms with E-state index in [4.69, 9.17) is 9.84 Å². The van der Waals surface area contributed by atoms with Crippen LogP contribution in [0.5, 0.6) is 0 Å². The highest BCUT2D eigenvalue weighted by atomic mass is 16.5. The third-order valence-electron chi connectivity index (χ3n) is 1.90. The summed E-state index contributed by atoms with van der Waals surface area (Å²) in [6.07, 6.45) is 2.41. The van der Waals surface area contributed by atoms with Crippen LogP contribution in [0.15, 0.2) is 0 Å². The molecule has 1 rings (SSSR count). The number of hydrogen-bond acceptors (Lipinski definition) is 2. The van der Waals surface area contributed by atoms with E-state index in [1.807, 2.05) is 13.8 Å². The van der Waals surface area contributed by atoms with E-state index in [9.17, 15) is 0 Å². The minimum Gasteiger partial charge on any atom is -0.393 e. The molecular weight excluding hydrogens is 116 g/mol. The summed E-state index contributed by atoms with van der Waals surface area (Å²) in [5.41, 5.74) is -0.237. The van der Waals surface area contributed by atoms with Gasteiger partial charge in [0.1, 0.15) is 0 Å². The van der Waals surface area contributed by atoms with Crippen molar-refractivity contribution < 1.29 is 9.84 Å². The number of rotatable bonds is 1. The smallest absolute Gasteiger partial charge is 0.0888 e. The van der Waals surface area contributed by atoms with Crippen LogP contribution < -0.4 is 0 Å². The summed E-state index contributed by atoms with van der Waals surface area (Å²) >= 11 is 0. The van der Waals surface area contributed by atoms with Gasteiger partial charge < -0.3 is 9.84 Å². The first-order valence-electron chi connectivity index (χ1n) is 3.45. The highest BCUT2D eigenvalue weighted by Crippen LogP contribution is 2.28. The van der Waals surface area contributed by atoms with Crippen molar-refractivity contribution in [3.8, 4) is 0 Å². The molecule has 2 heteroatoms. The van der Waals surface area contributed by atoms with Crippen LogP contribution in [0.2, 0.25) is 0 Å². The molecule has 1 N–H and O–H groups in total. The Morgan fingerprint density at radius 3 is 2.67 bits per heavy atom. The highest BCUT2D eigenvalue weighted by Gasteiger charge is 2.32. The first kappa shape index (κ1) is 7.03. The molecule has 0 aromatic heterocycles. The Morgan fingerprint density at radius 2 is 2.44 bits per heavy atom. The van der Waals surface area contributed by atoms with E-state index in [0.717, 1.165) is 12.8 Å². The first-order valence-corrected chi connectivity index (χ1v) is 3.45. The van der Waals surface area contributed by atoms with Gasteiger partial charge in [-0.25, -0.2) is 0 Å². The lowest BCUT2D eigenvalue weighted by molar-refractivity contribution is -0.0544. The van der Waals surface area contributed by atoms with Gasteiger partial charge in [0, 0.05) is 0 Å². The minimum absolute atomic E-state index is 0.150. The summed E-state index contributed by atoms with van der Waals surface area (Å²) < 4.78 is 5.45. The normalized spacial score (nSPS) is 43.7. The Labute approximate surface area is 55.8 Å². The van der Waals surface area contributed by atoms with Gasteiger partial charge in [0.05, 0.1) is 18.3 Å². The predicted molar refractivity (Wildman–Crippen MR) is 35.3 cm³/mol. The lowest BCUT2D eigenvalue weighted by atomic mass is 10.0. The Morgan fingerprint density at radius 1 is 1.78 bits per heavy atom. The molecule has 0 aromatic rings. The molecule has 1 saturated heterocycles. The summed E-state index contributed by atoms with van der Waals surface area (Å²) in [7, 11) is 0. The third kappa shape index (κ3) is 1.43. The van der Waals surface area contributed by atoms with Crippen LogP contribution in [-0.4, -0.2) is 23.4 Å². The maximum absolute atomic E-state index is 8.82. The molecule has 0 radical (unpaired) electrons. The molecule has 0 bridgehead atoms. The molecule has 1 aliphatic rings. The number of hydrogen-bond donors (Lipinski definition) is 1. The standard InChI is InChI=1S/C7H14O2/c1-6-3-4-7(2,5-8)9-6/h6,8H,3-5H2,1-2H3/t6-,7+/m1/s1. The fraction of sp³-hybridized carbons (Fsp3) is 1.00. The van der Waals surface area contributed by atoms with Gasteiger partial charge in [0.15, 0.2) is 0 Å². The van der Waals surface area contributed by atoms with Crippen molar-refractivity contribution >= 4 is 0 Å². The van der Waals surface area contributed by atoms with Crippen LogP contribution >= 0.6 is 0 Å². The molecule has 1 aliphatic heterocycles. The summed E-state index contributed by atoms with van der Waals surface area (Å²) in [5, 5.41) is 8.82. The third-order valence-corrected chi connectivity index (χ3v) is 1.90. The monoisotopic (exact) mass is 130 g/mol. The van der Waals surface area contributed by atoms with E-state index in [1.54, 1.807) is 0 Å². The van der Waals surface area contributed by atoms with Crippen molar-refractivity contribution in [3.63, 3.8) is 0 Å².